The summed E-state index contributed by atoms with van der Waals surface area (Å²) in [6.07, 6.45) is 1.19. The maximum Gasteiger partial charge on any atom is 0.329 e. The van der Waals surface area contributed by atoms with Gasteiger partial charge in [-0.05, 0) is 55.0 Å². The van der Waals surface area contributed by atoms with Gasteiger partial charge in [0.15, 0.2) is 0 Å². The van der Waals surface area contributed by atoms with Crippen molar-refractivity contribution in [2.45, 2.75) is 23.9 Å². The van der Waals surface area contributed by atoms with Gasteiger partial charge in [0.05, 0.1) is 10.3 Å². The molecular weight excluding hydrogens is 502 g/mol. The lowest BCUT2D eigenvalue weighted by atomic mass is 10.2. The lowest BCUT2D eigenvalue weighted by Gasteiger charge is -2.26. The second-order valence-corrected chi connectivity index (χ2v) is 9.97. The zero-order chi connectivity index (χ0) is 26.6. The second-order valence-electron chi connectivity index (χ2n) is 7.97. The molecule has 0 saturated carbocycles. The number of aryl methyl sites for hydroxylation is 1. The molecule has 0 aliphatic rings. The molecule has 4 aromatic rings. The fourth-order valence-corrected chi connectivity index (χ4v) is 5.12. The largest absolute Gasteiger partial charge is 0.457 e. The summed E-state index contributed by atoms with van der Waals surface area (Å²) in [6, 6.07) is 16.2. The zero-order valence-corrected chi connectivity index (χ0v) is 20.4. The van der Waals surface area contributed by atoms with Crippen LogP contribution in [0.4, 0.5) is 0 Å². The molecule has 4 rings (SSSR count). The van der Waals surface area contributed by atoms with Crippen LogP contribution in [0.2, 0.25) is 0 Å². The molecule has 37 heavy (non-hydrogen) atoms. The first-order valence-electron chi connectivity index (χ1n) is 11.0. The molecule has 192 valence electrons. The zero-order valence-electron chi connectivity index (χ0n) is 19.6. The van der Waals surface area contributed by atoms with Crippen LogP contribution >= 0.6 is 0 Å². The number of amides is 1. The molecule has 12 nitrogen and oxygen atoms in total. The first kappa shape index (κ1) is 25.8. The number of aromatic nitrogens is 3. The van der Waals surface area contributed by atoms with Crippen molar-refractivity contribution >= 4 is 27.0 Å². The maximum atomic E-state index is 13.3. The Morgan fingerprint density at radius 3 is 2.43 bits per heavy atom. The van der Waals surface area contributed by atoms with Crippen molar-refractivity contribution < 1.29 is 23.2 Å². The fourth-order valence-electron chi connectivity index (χ4n) is 3.77. The van der Waals surface area contributed by atoms with Gasteiger partial charge in [0.25, 0.3) is 11.5 Å². The van der Waals surface area contributed by atoms with Crippen molar-refractivity contribution in [3.8, 4) is 11.5 Å². The average molecular weight is 526 g/mol. The molecule has 1 atom stereocenters. The number of para-hydroxylation sites is 1. The molecule has 2 aromatic heterocycles. The van der Waals surface area contributed by atoms with E-state index in [1.807, 2.05) is 6.07 Å². The van der Waals surface area contributed by atoms with E-state index in [0.29, 0.717) is 11.5 Å². The van der Waals surface area contributed by atoms with Gasteiger partial charge in [0.2, 0.25) is 10.0 Å². The van der Waals surface area contributed by atoms with Crippen LogP contribution in [-0.4, -0.2) is 51.5 Å². The molecule has 0 saturated heterocycles. The number of ether oxygens (including phenoxy) is 1. The molecule has 0 fully saturated rings. The first-order chi connectivity index (χ1) is 17.7. The highest BCUT2D eigenvalue weighted by Gasteiger charge is 2.33. The Balaban J connectivity index is 1.58. The molecule has 0 bridgehead atoms. The highest BCUT2D eigenvalue weighted by atomic mass is 32.2. The Labute approximate surface area is 210 Å². The summed E-state index contributed by atoms with van der Waals surface area (Å²) in [4.78, 5) is 43.1. The van der Waals surface area contributed by atoms with Gasteiger partial charge >= 0.3 is 5.69 Å². The van der Waals surface area contributed by atoms with Crippen molar-refractivity contribution in [1.82, 2.24) is 24.3 Å². The van der Waals surface area contributed by atoms with E-state index >= 15 is 0 Å². The van der Waals surface area contributed by atoms with Gasteiger partial charge in [-0.25, -0.2) is 23.7 Å². The Kier molecular flexibility index (Phi) is 7.47. The van der Waals surface area contributed by atoms with E-state index in [2.05, 4.69) is 9.97 Å². The predicted molar refractivity (Wildman–Crippen MR) is 133 cm³/mol. The quantitative estimate of drug-likeness (QED) is 0.218. The van der Waals surface area contributed by atoms with E-state index in [-0.39, 0.29) is 28.9 Å². The van der Waals surface area contributed by atoms with Crippen LogP contribution in [0.25, 0.3) is 11.0 Å². The number of hydrogen-bond acceptors (Lipinski definition) is 8. The van der Waals surface area contributed by atoms with Crippen LogP contribution in [0, 0.1) is 0 Å². The third-order valence-electron chi connectivity index (χ3n) is 5.71. The number of carbonyl (C=O) groups excluding carboxylic acids is 1. The number of hydrogen-bond donors (Lipinski definition) is 3. The van der Waals surface area contributed by atoms with Gasteiger partial charge < -0.3 is 4.74 Å². The number of H-pyrrole nitrogens is 1. The van der Waals surface area contributed by atoms with Gasteiger partial charge in [0, 0.05) is 19.8 Å². The molecule has 1 amide bonds. The summed E-state index contributed by atoms with van der Waals surface area (Å²) in [6.45, 7) is -0.176. The molecule has 1 unspecified atom stereocenters. The molecule has 0 radical (unpaired) electrons. The van der Waals surface area contributed by atoms with E-state index < -0.39 is 33.2 Å². The Bertz CT molecular complexity index is 1630. The summed E-state index contributed by atoms with van der Waals surface area (Å²) in [5, 5.41) is 9.42. The number of carbonyl (C=O) groups is 1. The monoisotopic (exact) mass is 525 g/mol. The summed E-state index contributed by atoms with van der Waals surface area (Å²) >= 11 is 0. The molecule has 0 aliphatic carbocycles. The molecule has 3 N–H and O–H groups in total. The normalized spacial score (nSPS) is 12.4. The van der Waals surface area contributed by atoms with E-state index in [1.54, 1.807) is 24.3 Å². The SMILES string of the molecule is CN(C(CCn1c(=O)[nH]c(=O)c2cccnc21)C(=O)NO)S(=O)(=O)c1ccc(Oc2ccccc2)cc1. The molecule has 2 aromatic carbocycles. The number of fused-ring (bicyclic) bond motifs is 1. The third kappa shape index (κ3) is 5.43. The minimum Gasteiger partial charge on any atom is -0.457 e. The predicted octanol–water partition coefficient (Wildman–Crippen LogP) is 1.46. The highest BCUT2D eigenvalue weighted by Crippen LogP contribution is 2.25. The standard InChI is InChI=1S/C24H23N5O7S/c1-28(37(34,35)18-11-9-17(10-12-18)36-16-6-3-2-4-7-16)20(23(31)27-33)13-15-29-21-19(8-5-14-25-21)22(30)26-24(29)32/h2-12,14,20,33H,13,15H2,1H3,(H,27,31)(H,26,30,32). The number of nitrogens with zero attached hydrogens (tertiary/aromatic N) is 3. The Hall–Kier alpha value is -4.33. The van der Waals surface area contributed by atoms with Crippen molar-refractivity contribution in [2.24, 2.45) is 0 Å². The number of rotatable bonds is 9. The van der Waals surface area contributed by atoms with Gasteiger partial charge in [-0.1, -0.05) is 18.2 Å². The number of nitrogens with one attached hydrogen (secondary N) is 2. The third-order valence-corrected chi connectivity index (χ3v) is 7.59. The van der Waals surface area contributed by atoms with Crippen molar-refractivity contribution in [3.05, 3.63) is 93.8 Å². The van der Waals surface area contributed by atoms with E-state index in [0.717, 1.165) is 8.87 Å². The minimum atomic E-state index is -4.20. The second kappa shape index (κ2) is 10.7. The number of aromatic amines is 1. The first-order valence-corrected chi connectivity index (χ1v) is 12.5. The van der Waals surface area contributed by atoms with E-state index in [4.69, 9.17) is 4.74 Å². The van der Waals surface area contributed by atoms with Gasteiger partial charge in [-0.15, -0.1) is 0 Å². The lowest BCUT2D eigenvalue weighted by Crippen LogP contribution is -2.47. The van der Waals surface area contributed by atoms with Crippen molar-refractivity contribution in [2.75, 3.05) is 7.05 Å². The fraction of sp³-hybridized carbons (Fsp3) is 0.167. The van der Waals surface area contributed by atoms with E-state index in [1.165, 1.54) is 55.1 Å². The highest BCUT2D eigenvalue weighted by molar-refractivity contribution is 7.89. The number of benzene rings is 2. The van der Waals surface area contributed by atoms with Gasteiger partial charge in [0.1, 0.15) is 23.2 Å². The summed E-state index contributed by atoms with van der Waals surface area (Å²) in [7, 11) is -3.01. The number of hydroxylamine groups is 1. The number of pyridine rings is 1. The lowest BCUT2D eigenvalue weighted by molar-refractivity contribution is -0.133. The Morgan fingerprint density at radius 2 is 1.76 bits per heavy atom. The maximum absolute atomic E-state index is 13.3. The number of likely N-dealkylation sites (N-methyl/N-ethyl adjacent to an activating group) is 1. The van der Waals surface area contributed by atoms with Gasteiger partial charge in [-0.3, -0.25) is 24.3 Å². The summed E-state index contributed by atoms with van der Waals surface area (Å²) in [5.74, 6) is -0.00598. The van der Waals surface area contributed by atoms with Crippen molar-refractivity contribution in [3.63, 3.8) is 0 Å². The molecule has 0 spiro atoms. The van der Waals surface area contributed by atoms with Crippen molar-refractivity contribution in [1.29, 1.82) is 0 Å². The van der Waals surface area contributed by atoms with Crippen LogP contribution in [0.1, 0.15) is 6.42 Å². The molecule has 13 heteroatoms. The van der Waals surface area contributed by atoms with Crippen LogP contribution in [0.5, 0.6) is 11.5 Å². The minimum absolute atomic E-state index is 0.0823. The van der Waals surface area contributed by atoms with E-state index in [9.17, 15) is 28.0 Å². The molecule has 0 aliphatic heterocycles. The Morgan fingerprint density at radius 1 is 1.08 bits per heavy atom. The topological polar surface area (TPSA) is 164 Å². The average Bonchev–Trinajstić information content (AvgIpc) is 2.91. The van der Waals surface area contributed by atoms with Crippen LogP contribution < -0.4 is 21.5 Å². The summed E-state index contributed by atoms with van der Waals surface area (Å²) < 4.78 is 34.2. The summed E-state index contributed by atoms with van der Waals surface area (Å²) in [5.41, 5.74) is 0.177. The molecular formula is C24H23N5O7S. The van der Waals surface area contributed by atoms with Crippen LogP contribution in [-0.2, 0) is 21.4 Å². The van der Waals surface area contributed by atoms with Crippen LogP contribution in [0.3, 0.4) is 0 Å². The van der Waals surface area contributed by atoms with Gasteiger partial charge in [-0.2, -0.15) is 4.31 Å². The van der Waals surface area contributed by atoms with Crippen LogP contribution in [0.15, 0.2) is 87.4 Å². The smallest absolute Gasteiger partial charge is 0.329 e. The molecule has 2 heterocycles. The number of sulfonamides is 1.